The largest absolute Gasteiger partial charge is 0.465 e. The molecule has 0 heterocycles. The summed E-state index contributed by atoms with van der Waals surface area (Å²) in [4.78, 5) is 12.5. The highest BCUT2D eigenvalue weighted by Crippen LogP contribution is 2.59. The number of hydrogen-bond donors (Lipinski definition) is 1. The van der Waals surface area contributed by atoms with Crippen LogP contribution >= 0.6 is 0 Å². The van der Waals surface area contributed by atoms with Gasteiger partial charge in [-0.2, -0.15) is 0 Å². The molecule has 49 heavy (non-hydrogen) atoms. The summed E-state index contributed by atoms with van der Waals surface area (Å²) in [6.07, 6.45) is 15.8. The highest BCUT2D eigenvalue weighted by atomic mass is 28.4. The zero-order chi connectivity index (χ0) is 37.4. The van der Waals surface area contributed by atoms with Crippen LogP contribution in [0.5, 0.6) is 0 Å². The van der Waals surface area contributed by atoms with E-state index in [0.717, 1.165) is 24.8 Å². The van der Waals surface area contributed by atoms with Gasteiger partial charge in [0.05, 0.1) is 30.3 Å². The molecule has 0 aromatic rings. The van der Waals surface area contributed by atoms with Gasteiger partial charge in [0.1, 0.15) is 0 Å². The molecular formula is C42H74O5Si2. The third-order valence-electron chi connectivity index (χ3n) is 13.5. The molecule has 1 N–H and O–H groups in total. The first-order chi connectivity index (χ1) is 22.3. The minimum absolute atomic E-state index is 0.0154. The van der Waals surface area contributed by atoms with Gasteiger partial charge in [-0.3, -0.25) is 4.79 Å². The summed E-state index contributed by atoms with van der Waals surface area (Å²) in [6.45, 7) is 38.4. The van der Waals surface area contributed by atoms with Crippen LogP contribution in [0.3, 0.4) is 0 Å². The van der Waals surface area contributed by atoms with Gasteiger partial charge >= 0.3 is 5.97 Å². The second kappa shape index (κ2) is 15.4. The molecule has 0 aromatic heterocycles. The van der Waals surface area contributed by atoms with Gasteiger partial charge in [-0.05, 0) is 130 Å². The first-order valence-electron chi connectivity index (χ1n) is 19.3. The van der Waals surface area contributed by atoms with Gasteiger partial charge in [0.25, 0.3) is 0 Å². The van der Waals surface area contributed by atoms with Crippen molar-refractivity contribution in [1.29, 1.82) is 0 Å². The maximum atomic E-state index is 12.5. The van der Waals surface area contributed by atoms with E-state index >= 15 is 0 Å². The zero-order valence-corrected chi connectivity index (χ0v) is 36.2. The van der Waals surface area contributed by atoms with E-state index in [2.05, 4.69) is 106 Å². The van der Waals surface area contributed by atoms with E-state index in [4.69, 9.17) is 13.6 Å². The van der Waals surface area contributed by atoms with Gasteiger partial charge < -0.3 is 18.7 Å². The number of carbonyl (C=O) groups excluding carboxylic acids is 1. The van der Waals surface area contributed by atoms with Crippen LogP contribution in [0.15, 0.2) is 47.6 Å². The fourth-order valence-corrected chi connectivity index (χ4v) is 10.7. The van der Waals surface area contributed by atoms with Crippen LogP contribution in [0.25, 0.3) is 0 Å². The van der Waals surface area contributed by atoms with Crippen LogP contribution in [-0.4, -0.2) is 52.6 Å². The highest BCUT2D eigenvalue weighted by Gasteiger charge is 2.51. The number of hydrogen-bond acceptors (Lipinski definition) is 5. The highest BCUT2D eigenvalue weighted by molar-refractivity contribution is 6.74. The predicted octanol–water partition coefficient (Wildman–Crippen LogP) is 11.3. The number of aliphatic hydroxyl groups excluding tert-OH is 1. The van der Waals surface area contributed by atoms with Gasteiger partial charge in [0, 0.05) is 6.42 Å². The van der Waals surface area contributed by atoms with E-state index in [9.17, 15) is 9.90 Å². The van der Waals surface area contributed by atoms with Crippen molar-refractivity contribution in [3.8, 4) is 0 Å². The fraction of sp³-hybridized carbons (Fsp3) is 0.786. The van der Waals surface area contributed by atoms with Crippen LogP contribution in [-0.2, 0) is 18.4 Å². The fourth-order valence-electron chi connectivity index (χ4n) is 8.00. The molecule has 3 rings (SSSR count). The molecule has 0 bridgehead atoms. The molecule has 0 amide bonds. The summed E-state index contributed by atoms with van der Waals surface area (Å²) in [7, 11) is -3.98. The Balaban J connectivity index is 1.87. The van der Waals surface area contributed by atoms with Crippen LogP contribution in [0.4, 0.5) is 0 Å². The standard InChI is InChI=1S/C42H74O5Si2/c1-17-45-38(44)41(10,11)37(43)25-20-29(2)34-23-24-35-31(19-18-26-42(34,35)12)21-22-32-27-33(46-48(13,14)39(4,5)6)28-36(30(32)3)47-49(15,16)40(7,8)9/h20-22,25,29,33-37,43H,3,17-19,23-24,26-28H2,1-2,4-16H3/b25-20+,31-21+,32-22-/t29-,33-,34-,35+,36+,37+,42-/m1/s1. The van der Waals surface area contributed by atoms with Crippen molar-refractivity contribution in [3.63, 3.8) is 0 Å². The predicted molar refractivity (Wildman–Crippen MR) is 212 cm³/mol. The third-order valence-corrected chi connectivity index (χ3v) is 22.6. The maximum absolute atomic E-state index is 12.5. The van der Waals surface area contributed by atoms with Crippen molar-refractivity contribution in [2.24, 2.45) is 28.6 Å². The SMILES string of the molecule is C=C1/C(=C\C=C2/CCC[C@]3(C)[C@@H]([C@H](C)/C=C/[C@H](O)C(C)(C)C(=O)OCC)CC[C@@H]23)C[C@@H](O[Si](C)(C)C(C)(C)C)C[C@@H]1O[Si](C)(C)C(C)(C)C. The van der Waals surface area contributed by atoms with Crippen molar-refractivity contribution >= 4 is 22.6 Å². The van der Waals surface area contributed by atoms with E-state index in [1.54, 1.807) is 26.3 Å². The molecule has 3 aliphatic rings. The lowest BCUT2D eigenvalue weighted by molar-refractivity contribution is -0.158. The second-order valence-electron chi connectivity index (χ2n) is 19.5. The quantitative estimate of drug-likeness (QED) is 0.131. The number of ether oxygens (including phenoxy) is 1. The summed E-state index contributed by atoms with van der Waals surface area (Å²) in [5, 5.41) is 11.2. The molecule has 3 saturated carbocycles. The average molecular weight is 715 g/mol. The molecule has 5 nitrogen and oxygen atoms in total. The minimum Gasteiger partial charge on any atom is -0.465 e. The number of esters is 1. The van der Waals surface area contributed by atoms with Crippen molar-refractivity contribution in [2.75, 3.05) is 6.61 Å². The molecule has 7 heteroatoms. The molecule has 0 saturated heterocycles. The monoisotopic (exact) mass is 715 g/mol. The summed E-state index contributed by atoms with van der Waals surface area (Å²) < 4.78 is 19.4. The molecule has 0 spiro atoms. The lowest BCUT2D eigenvalue weighted by Gasteiger charge is -2.45. The minimum atomic E-state index is -2.02. The van der Waals surface area contributed by atoms with Crippen molar-refractivity contribution in [3.05, 3.63) is 47.6 Å². The number of carbonyl (C=O) groups is 1. The first-order valence-corrected chi connectivity index (χ1v) is 25.1. The number of aliphatic hydroxyl groups is 1. The van der Waals surface area contributed by atoms with Crippen molar-refractivity contribution < 1.29 is 23.5 Å². The van der Waals surface area contributed by atoms with Crippen molar-refractivity contribution in [2.45, 2.75) is 176 Å². The summed E-state index contributed by atoms with van der Waals surface area (Å²) in [6, 6.07) is 0. The Labute approximate surface area is 303 Å². The molecule has 0 unspecified atom stereocenters. The Morgan fingerprint density at radius 3 is 2.14 bits per heavy atom. The first kappa shape index (κ1) is 42.2. The number of rotatable bonds is 11. The van der Waals surface area contributed by atoms with Gasteiger partial charge in [-0.1, -0.05) is 91.8 Å². The van der Waals surface area contributed by atoms with Crippen molar-refractivity contribution in [1.82, 2.24) is 0 Å². The third kappa shape index (κ3) is 9.41. The Hall–Kier alpha value is -1.26. The lowest BCUT2D eigenvalue weighted by Crippen LogP contribution is -2.49. The molecule has 3 aliphatic carbocycles. The van der Waals surface area contributed by atoms with Gasteiger partial charge in [0.15, 0.2) is 16.6 Å². The molecule has 280 valence electrons. The molecule has 3 fully saturated rings. The summed E-state index contributed by atoms with van der Waals surface area (Å²) in [5.74, 6) is 1.02. The van der Waals surface area contributed by atoms with Gasteiger partial charge in [-0.25, -0.2) is 0 Å². The zero-order valence-electron chi connectivity index (χ0n) is 34.2. The van der Waals surface area contributed by atoms with E-state index in [0.29, 0.717) is 24.4 Å². The van der Waals surface area contributed by atoms with E-state index < -0.39 is 28.2 Å². The number of allylic oxidation sites excluding steroid dienone is 4. The molecule has 0 radical (unpaired) electrons. The van der Waals surface area contributed by atoms with E-state index in [-0.39, 0.29) is 33.7 Å². The smallest absolute Gasteiger partial charge is 0.314 e. The Kier molecular flexibility index (Phi) is 13.2. The normalized spacial score (nSPS) is 30.6. The second-order valence-corrected chi connectivity index (χ2v) is 29.0. The van der Waals surface area contributed by atoms with Crippen LogP contribution in [0, 0.1) is 28.6 Å². The average Bonchev–Trinajstić information content (AvgIpc) is 3.32. The van der Waals surface area contributed by atoms with Crippen LogP contribution < -0.4 is 0 Å². The number of fused-ring (bicyclic) bond motifs is 1. The Morgan fingerprint density at radius 2 is 1.57 bits per heavy atom. The Bertz CT molecular complexity index is 1280. The molecule has 0 aliphatic heterocycles. The Morgan fingerprint density at radius 1 is 0.980 bits per heavy atom. The maximum Gasteiger partial charge on any atom is 0.314 e. The van der Waals surface area contributed by atoms with Gasteiger partial charge in [0.2, 0.25) is 0 Å². The molecule has 7 atom stereocenters. The van der Waals surface area contributed by atoms with Crippen LogP contribution in [0.1, 0.15) is 121 Å². The summed E-state index contributed by atoms with van der Waals surface area (Å²) >= 11 is 0. The van der Waals surface area contributed by atoms with Crippen LogP contribution in [0.2, 0.25) is 36.3 Å². The molecule has 0 aromatic carbocycles. The topological polar surface area (TPSA) is 65.0 Å². The van der Waals surface area contributed by atoms with E-state index in [1.165, 1.54) is 31.3 Å². The van der Waals surface area contributed by atoms with E-state index in [1.807, 2.05) is 6.08 Å². The van der Waals surface area contributed by atoms with Gasteiger partial charge in [-0.15, -0.1) is 0 Å². The lowest BCUT2D eigenvalue weighted by atomic mass is 9.61. The molecular weight excluding hydrogens is 641 g/mol. The summed E-state index contributed by atoms with van der Waals surface area (Å²) in [5.41, 5.74) is 3.24.